The molecule has 2 aliphatic heterocycles. The fraction of sp³-hybridized carbons (Fsp3) is 0.579. The standard InChI is InChI=1S/C19H26FN3O4S/c1-14(2)6-7-23-18(24)13-17(19(23)25)21-8-10-22(11-9-21)28(26,27)16-5-3-4-15(20)12-16/h3-5,12,14,17H,6-11,13H2,1-2H3/t17-/m0/s1. The third-order valence-corrected chi connectivity index (χ3v) is 7.19. The van der Waals surface area contributed by atoms with Gasteiger partial charge in [-0.05, 0) is 30.5 Å². The summed E-state index contributed by atoms with van der Waals surface area (Å²) >= 11 is 0. The molecule has 1 aromatic rings. The molecule has 2 fully saturated rings. The monoisotopic (exact) mass is 411 g/mol. The zero-order valence-electron chi connectivity index (χ0n) is 16.2. The first-order valence-electron chi connectivity index (χ1n) is 9.54. The van der Waals surface area contributed by atoms with Crippen LogP contribution in [0.1, 0.15) is 26.7 Å². The normalized spacial score (nSPS) is 22.4. The molecule has 0 radical (unpaired) electrons. The van der Waals surface area contributed by atoms with Gasteiger partial charge < -0.3 is 0 Å². The van der Waals surface area contributed by atoms with Crippen molar-refractivity contribution in [2.45, 2.75) is 37.6 Å². The quantitative estimate of drug-likeness (QED) is 0.660. The number of sulfonamides is 1. The molecule has 2 aliphatic rings. The number of carbonyl (C=O) groups excluding carboxylic acids is 2. The molecule has 7 nitrogen and oxygen atoms in total. The first kappa shape index (κ1) is 20.9. The lowest BCUT2D eigenvalue weighted by atomic mass is 10.1. The largest absolute Gasteiger partial charge is 0.289 e. The summed E-state index contributed by atoms with van der Waals surface area (Å²) in [4.78, 5) is 28.0. The maximum atomic E-state index is 13.4. The topological polar surface area (TPSA) is 78.0 Å². The molecule has 3 rings (SSSR count). The van der Waals surface area contributed by atoms with E-state index in [0.29, 0.717) is 25.6 Å². The molecule has 2 heterocycles. The molecule has 0 aromatic heterocycles. The minimum Gasteiger partial charge on any atom is -0.289 e. The van der Waals surface area contributed by atoms with Gasteiger partial charge in [-0.25, -0.2) is 12.8 Å². The molecule has 0 saturated carbocycles. The number of hydrogen-bond donors (Lipinski definition) is 0. The fourth-order valence-corrected chi connectivity index (χ4v) is 5.06. The molecular weight excluding hydrogens is 385 g/mol. The maximum Gasteiger partial charge on any atom is 0.247 e. The number of halogens is 1. The Morgan fingerprint density at radius 3 is 2.43 bits per heavy atom. The molecule has 9 heteroatoms. The smallest absolute Gasteiger partial charge is 0.247 e. The van der Waals surface area contributed by atoms with Crippen LogP contribution in [0.3, 0.4) is 0 Å². The van der Waals surface area contributed by atoms with Crippen LogP contribution in [-0.2, 0) is 19.6 Å². The third-order valence-electron chi connectivity index (χ3n) is 5.30. The van der Waals surface area contributed by atoms with Gasteiger partial charge in [-0.2, -0.15) is 4.31 Å². The van der Waals surface area contributed by atoms with Crippen molar-refractivity contribution in [3.05, 3.63) is 30.1 Å². The lowest BCUT2D eigenvalue weighted by molar-refractivity contribution is -0.140. The van der Waals surface area contributed by atoms with E-state index in [1.165, 1.54) is 27.4 Å². The van der Waals surface area contributed by atoms with Gasteiger partial charge in [0, 0.05) is 32.7 Å². The number of piperazine rings is 1. The highest BCUT2D eigenvalue weighted by atomic mass is 32.2. The van der Waals surface area contributed by atoms with Crippen molar-refractivity contribution < 1.29 is 22.4 Å². The summed E-state index contributed by atoms with van der Waals surface area (Å²) in [5, 5.41) is 0. The van der Waals surface area contributed by atoms with Crippen LogP contribution in [0.5, 0.6) is 0 Å². The van der Waals surface area contributed by atoms with Crippen LogP contribution in [0.25, 0.3) is 0 Å². The second-order valence-electron chi connectivity index (χ2n) is 7.68. The van der Waals surface area contributed by atoms with Crippen molar-refractivity contribution in [2.24, 2.45) is 5.92 Å². The molecule has 0 aliphatic carbocycles. The lowest BCUT2D eigenvalue weighted by Crippen LogP contribution is -2.53. The van der Waals surface area contributed by atoms with Crippen LogP contribution in [0.15, 0.2) is 29.2 Å². The van der Waals surface area contributed by atoms with Gasteiger partial charge in [-0.1, -0.05) is 19.9 Å². The van der Waals surface area contributed by atoms with E-state index in [2.05, 4.69) is 0 Å². The zero-order chi connectivity index (χ0) is 20.5. The molecule has 1 aromatic carbocycles. The highest BCUT2D eigenvalue weighted by Gasteiger charge is 2.43. The van der Waals surface area contributed by atoms with Crippen LogP contribution in [0.2, 0.25) is 0 Å². The second kappa shape index (κ2) is 8.26. The summed E-state index contributed by atoms with van der Waals surface area (Å²) in [5.41, 5.74) is 0. The number of rotatable bonds is 6. The highest BCUT2D eigenvalue weighted by Crippen LogP contribution is 2.24. The Bertz CT molecular complexity index is 850. The van der Waals surface area contributed by atoms with Gasteiger partial charge in [0.2, 0.25) is 21.8 Å². The van der Waals surface area contributed by atoms with Crippen molar-refractivity contribution in [3.63, 3.8) is 0 Å². The van der Waals surface area contributed by atoms with Crippen LogP contribution < -0.4 is 0 Å². The molecule has 28 heavy (non-hydrogen) atoms. The minimum atomic E-state index is -3.78. The van der Waals surface area contributed by atoms with E-state index in [-0.39, 0.29) is 36.2 Å². The maximum absolute atomic E-state index is 13.4. The second-order valence-corrected chi connectivity index (χ2v) is 9.62. The van der Waals surface area contributed by atoms with Crippen LogP contribution in [-0.4, -0.2) is 73.1 Å². The molecule has 0 spiro atoms. The number of likely N-dealkylation sites (tertiary alicyclic amines) is 1. The van der Waals surface area contributed by atoms with Crippen LogP contribution >= 0.6 is 0 Å². The number of benzene rings is 1. The van der Waals surface area contributed by atoms with Gasteiger partial charge in [0.05, 0.1) is 17.4 Å². The van der Waals surface area contributed by atoms with Gasteiger partial charge in [0.25, 0.3) is 0 Å². The van der Waals surface area contributed by atoms with Crippen molar-refractivity contribution >= 4 is 21.8 Å². The molecule has 154 valence electrons. The average molecular weight is 411 g/mol. The molecular formula is C19H26FN3O4S. The Hall–Kier alpha value is -1.84. The summed E-state index contributed by atoms with van der Waals surface area (Å²) < 4.78 is 40.1. The SMILES string of the molecule is CC(C)CCN1C(=O)C[C@H](N2CCN(S(=O)(=O)c3cccc(F)c3)CC2)C1=O. The van der Waals surface area contributed by atoms with E-state index in [1.54, 1.807) is 0 Å². The Morgan fingerprint density at radius 2 is 1.82 bits per heavy atom. The number of carbonyl (C=O) groups is 2. The van der Waals surface area contributed by atoms with Crippen molar-refractivity contribution in [1.29, 1.82) is 0 Å². The summed E-state index contributed by atoms with van der Waals surface area (Å²) in [5.74, 6) is -0.551. The Balaban J connectivity index is 1.62. The van der Waals surface area contributed by atoms with Crippen LogP contribution in [0, 0.1) is 11.7 Å². The molecule has 2 amide bonds. The average Bonchev–Trinajstić information content (AvgIpc) is 2.94. The van der Waals surface area contributed by atoms with E-state index < -0.39 is 21.9 Å². The van der Waals surface area contributed by atoms with E-state index in [4.69, 9.17) is 0 Å². The molecule has 0 bridgehead atoms. The summed E-state index contributed by atoms with van der Waals surface area (Å²) in [6, 6.07) is 4.43. The van der Waals surface area contributed by atoms with Gasteiger partial charge in [0.15, 0.2) is 0 Å². The van der Waals surface area contributed by atoms with E-state index >= 15 is 0 Å². The summed E-state index contributed by atoms with van der Waals surface area (Å²) in [6.07, 6.45) is 0.914. The van der Waals surface area contributed by atoms with E-state index in [9.17, 15) is 22.4 Å². The van der Waals surface area contributed by atoms with Gasteiger partial charge in [-0.15, -0.1) is 0 Å². The van der Waals surface area contributed by atoms with Crippen LogP contribution in [0.4, 0.5) is 4.39 Å². The number of amides is 2. The predicted molar refractivity (Wildman–Crippen MR) is 101 cm³/mol. The fourth-order valence-electron chi connectivity index (χ4n) is 3.61. The Labute approximate surface area is 165 Å². The first-order valence-corrected chi connectivity index (χ1v) is 11.0. The lowest BCUT2D eigenvalue weighted by Gasteiger charge is -2.36. The zero-order valence-corrected chi connectivity index (χ0v) is 17.0. The number of imide groups is 1. The highest BCUT2D eigenvalue weighted by molar-refractivity contribution is 7.89. The Morgan fingerprint density at radius 1 is 1.14 bits per heavy atom. The number of hydrogen-bond acceptors (Lipinski definition) is 5. The molecule has 2 saturated heterocycles. The van der Waals surface area contributed by atoms with Gasteiger partial charge >= 0.3 is 0 Å². The Kier molecular flexibility index (Phi) is 6.16. The molecule has 0 unspecified atom stereocenters. The van der Waals surface area contributed by atoms with E-state index in [1.807, 2.05) is 18.7 Å². The minimum absolute atomic E-state index is 0.0760. The van der Waals surface area contributed by atoms with Crippen molar-refractivity contribution in [1.82, 2.24) is 14.1 Å². The number of nitrogens with zero attached hydrogens (tertiary/aromatic N) is 3. The third kappa shape index (κ3) is 4.26. The first-order chi connectivity index (χ1) is 13.2. The van der Waals surface area contributed by atoms with Gasteiger partial charge in [0.1, 0.15) is 5.82 Å². The molecule has 1 atom stereocenters. The van der Waals surface area contributed by atoms with E-state index in [0.717, 1.165) is 12.5 Å². The summed E-state index contributed by atoms with van der Waals surface area (Å²) in [7, 11) is -3.78. The van der Waals surface area contributed by atoms with Crippen molar-refractivity contribution in [2.75, 3.05) is 32.7 Å². The van der Waals surface area contributed by atoms with Gasteiger partial charge in [-0.3, -0.25) is 19.4 Å². The summed E-state index contributed by atoms with van der Waals surface area (Å²) in [6.45, 7) is 5.62. The predicted octanol–water partition coefficient (Wildman–Crippen LogP) is 1.31. The molecule has 0 N–H and O–H groups in total. The van der Waals surface area contributed by atoms with Crippen molar-refractivity contribution in [3.8, 4) is 0 Å².